The molecule has 0 saturated carbocycles. The molecule has 0 heterocycles. The Bertz CT molecular complexity index is 906. The molecule has 0 radical (unpaired) electrons. The SMILES string of the molecule is O=C(OCCCCCCCCCCOc1cccc(-c2ccccc2)c1)c1ccccc1. The minimum absolute atomic E-state index is 0.223. The smallest absolute Gasteiger partial charge is 0.338 e. The molecular formula is C29H34O3. The lowest BCUT2D eigenvalue weighted by molar-refractivity contribution is 0.0497. The van der Waals surface area contributed by atoms with E-state index < -0.39 is 0 Å². The minimum atomic E-state index is -0.223. The van der Waals surface area contributed by atoms with E-state index in [0.717, 1.165) is 31.6 Å². The molecule has 0 saturated heterocycles. The molecule has 0 amide bonds. The van der Waals surface area contributed by atoms with Crippen LogP contribution in [0.2, 0.25) is 0 Å². The van der Waals surface area contributed by atoms with Crippen LogP contribution in [0.1, 0.15) is 61.7 Å². The maximum atomic E-state index is 11.8. The van der Waals surface area contributed by atoms with E-state index in [2.05, 4.69) is 42.5 Å². The van der Waals surface area contributed by atoms with E-state index in [1.165, 1.54) is 43.2 Å². The second-order valence-corrected chi connectivity index (χ2v) is 8.07. The van der Waals surface area contributed by atoms with Crippen molar-refractivity contribution < 1.29 is 14.3 Å². The lowest BCUT2D eigenvalue weighted by Crippen LogP contribution is -2.06. The maximum Gasteiger partial charge on any atom is 0.338 e. The van der Waals surface area contributed by atoms with Crippen LogP contribution in [0.4, 0.5) is 0 Å². The number of hydrogen-bond donors (Lipinski definition) is 0. The highest BCUT2D eigenvalue weighted by Crippen LogP contribution is 2.23. The molecule has 0 aromatic heterocycles. The van der Waals surface area contributed by atoms with E-state index in [4.69, 9.17) is 9.47 Å². The molecule has 0 spiro atoms. The molecule has 0 aliphatic carbocycles. The fourth-order valence-electron chi connectivity index (χ4n) is 3.67. The van der Waals surface area contributed by atoms with Crippen LogP contribution >= 0.6 is 0 Å². The lowest BCUT2D eigenvalue weighted by Gasteiger charge is -2.08. The first-order valence-corrected chi connectivity index (χ1v) is 11.8. The fourth-order valence-corrected chi connectivity index (χ4v) is 3.67. The van der Waals surface area contributed by atoms with E-state index in [-0.39, 0.29) is 5.97 Å². The first-order valence-electron chi connectivity index (χ1n) is 11.8. The van der Waals surface area contributed by atoms with Crippen LogP contribution in [0, 0.1) is 0 Å². The zero-order valence-corrected chi connectivity index (χ0v) is 18.9. The van der Waals surface area contributed by atoms with Gasteiger partial charge in [0.05, 0.1) is 18.8 Å². The van der Waals surface area contributed by atoms with Gasteiger partial charge < -0.3 is 9.47 Å². The highest BCUT2D eigenvalue weighted by atomic mass is 16.5. The van der Waals surface area contributed by atoms with E-state index in [1.807, 2.05) is 30.3 Å². The molecule has 168 valence electrons. The summed E-state index contributed by atoms with van der Waals surface area (Å²) in [5.41, 5.74) is 3.03. The second kappa shape index (κ2) is 14.1. The van der Waals surface area contributed by atoms with Crippen molar-refractivity contribution in [2.75, 3.05) is 13.2 Å². The Morgan fingerprint density at radius 3 is 1.81 bits per heavy atom. The summed E-state index contributed by atoms with van der Waals surface area (Å²) in [6.45, 7) is 1.28. The van der Waals surface area contributed by atoms with E-state index in [1.54, 1.807) is 12.1 Å². The third kappa shape index (κ3) is 8.58. The van der Waals surface area contributed by atoms with Crippen molar-refractivity contribution in [3.05, 3.63) is 90.5 Å². The van der Waals surface area contributed by atoms with Gasteiger partial charge in [-0.05, 0) is 48.2 Å². The van der Waals surface area contributed by atoms with Gasteiger partial charge in [0, 0.05) is 0 Å². The van der Waals surface area contributed by atoms with Crippen molar-refractivity contribution in [3.63, 3.8) is 0 Å². The summed E-state index contributed by atoms with van der Waals surface area (Å²) in [5, 5.41) is 0. The third-order valence-corrected chi connectivity index (χ3v) is 5.49. The summed E-state index contributed by atoms with van der Waals surface area (Å²) in [7, 11) is 0. The summed E-state index contributed by atoms with van der Waals surface area (Å²) in [4.78, 5) is 11.8. The van der Waals surface area contributed by atoms with Gasteiger partial charge in [-0.2, -0.15) is 0 Å². The molecule has 0 N–H and O–H groups in total. The van der Waals surface area contributed by atoms with Gasteiger partial charge in [-0.25, -0.2) is 4.79 Å². The highest BCUT2D eigenvalue weighted by molar-refractivity contribution is 5.89. The van der Waals surface area contributed by atoms with Crippen LogP contribution < -0.4 is 4.74 Å². The number of rotatable bonds is 14. The Morgan fingerprint density at radius 2 is 1.12 bits per heavy atom. The lowest BCUT2D eigenvalue weighted by atomic mass is 10.1. The molecule has 0 unspecified atom stereocenters. The zero-order valence-electron chi connectivity index (χ0n) is 18.9. The van der Waals surface area contributed by atoms with Crippen molar-refractivity contribution in [1.29, 1.82) is 0 Å². The number of carbonyl (C=O) groups excluding carboxylic acids is 1. The van der Waals surface area contributed by atoms with Crippen molar-refractivity contribution >= 4 is 5.97 Å². The van der Waals surface area contributed by atoms with Crippen molar-refractivity contribution in [3.8, 4) is 16.9 Å². The van der Waals surface area contributed by atoms with Gasteiger partial charge in [0.15, 0.2) is 0 Å². The van der Waals surface area contributed by atoms with Gasteiger partial charge in [-0.15, -0.1) is 0 Å². The average Bonchev–Trinajstić information content (AvgIpc) is 2.86. The third-order valence-electron chi connectivity index (χ3n) is 5.49. The average molecular weight is 431 g/mol. The summed E-state index contributed by atoms with van der Waals surface area (Å²) in [5.74, 6) is 0.721. The predicted octanol–water partition coefficient (Wildman–Crippen LogP) is 7.71. The number of unbranched alkanes of at least 4 members (excludes halogenated alkanes) is 7. The normalized spacial score (nSPS) is 10.6. The molecule has 3 rings (SSSR count). The van der Waals surface area contributed by atoms with E-state index in [9.17, 15) is 4.79 Å². The molecule has 3 aromatic carbocycles. The standard InChI is InChI=1S/C29H34O3/c30-29(26-18-11-8-12-19-26)32-23-14-6-4-2-1-3-5-13-22-31-28-21-15-20-27(24-28)25-16-9-7-10-17-25/h7-12,15-21,24H,1-6,13-14,22-23H2. The topological polar surface area (TPSA) is 35.5 Å². The number of benzene rings is 3. The number of ether oxygens (including phenoxy) is 2. The van der Waals surface area contributed by atoms with Gasteiger partial charge in [0.25, 0.3) is 0 Å². The summed E-state index contributed by atoms with van der Waals surface area (Å²) in [6, 6.07) is 27.9. The largest absolute Gasteiger partial charge is 0.494 e. The molecule has 3 aromatic rings. The Balaban J connectivity index is 1.16. The molecular weight excluding hydrogens is 396 g/mol. The fraction of sp³-hybridized carbons (Fsp3) is 0.345. The van der Waals surface area contributed by atoms with Crippen LogP contribution in [-0.4, -0.2) is 19.2 Å². The Labute approximate surface area is 192 Å². The molecule has 0 aliphatic heterocycles. The van der Waals surface area contributed by atoms with Crippen LogP contribution in [-0.2, 0) is 4.74 Å². The quantitative estimate of drug-likeness (QED) is 0.194. The molecule has 3 nitrogen and oxygen atoms in total. The monoisotopic (exact) mass is 430 g/mol. The predicted molar refractivity (Wildman–Crippen MR) is 131 cm³/mol. The summed E-state index contributed by atoms with van der Waals surface area (Å²) in [6.07, 6.45) is 9.29. The first kappa shape index (κ1) is 23.6. The van der Waals surface area contributed by atoms with Crippen LogP contribution in [0.5, 0.6) is 5.75 Å². The molecule has 3 heteroatoms. The zero-order chi connectivity index (χ0) is 22.3. The number of carbonyl (C=O) groups is 1. The molecule has 32 heavy (non-hydrogen) atoms. The first-order chi connectivity index (χ1) is 15.8. The highest BCUT2D eigenvalue weighted by Gasteiger charge is 2.05. The molecule has 0 bridgehead atoms. The van der Waals surface area contributed by atoms with Crippen LogP contribution in [0.25, 0.3) is 11.1 Å². The molecule has 0 fully saturated rings. The number of hydrogen-bond acceptors (Lipinski definition) is 3. The van der Waals surface area contributed by atoms with Crippen LogP contribution in [0.3, 0.4) is 0 Å². The number of esters is 1. The molecule has 0 aliphatic rings. The van der Waals surface area contributed by atoms with Gasteiger partial charge in [0.2, 0.25) is 0 Å². The van der Waals surface area contributed by atoms with Crippen molar-refractivity contribution in [1.82, 2.24) is 0 Å². The van der Waals surface area contributed by atoms with Gasteiger partial charge in [-0.1, -0.05) is 99.2 Å². The van der Waals surface area contributed by atoms with Crippen molar-refractivity contribution in [2.24, 2.45) is 0 Å². The summed E-state index contributed by atoms with van der Waals surface area (Å²) >= 11 is 0. The Hall–Kier alpha value is -3.07. The summed E-state index contributed by atoms with van der Waals surface area (Å²) < 4.78 is 11.3. The van der Waals surface area contributed by atoms with Gasteiger partial charge in [-0.3, -0.25) is 0 Å². The Morgan fingerprint density at radius 1 is 0.562 bits per heavy atom. The van der Waals surface area contributed by atoms with Crippen LogP contribution in [0.15, 0.2) is 84.9 Å². The van der Waals surface area contributed by atoms with Gasteiger partial charge >= 0.3 is 5.97 Å². The van der Waals surface area contributed by atoms with E-state index >= 15 is 0 Å². The van der Waals surface area contributed by atoms with E-state index in [0.29, 0.717) is 12.2 Å². The Kier molecular flexibility index (Phi) is 10.4. The molecule has 0 atom stereocenters. The van der Waals surface area contributed by atoms with Crippen molar-refractivity contribution in [2.45, 2.75) is 51.4 Å². The minimum Gasteiger partial charge on any atom is -0.494 e. The maximum absolute atomic E-state index is 11.8. The second-order valence-electron chi connectivity index (χ2n) is 8.07. The van der Waals surface area contributed by atoms with Gasteiger partial charge in [0.1, 0.15) is 5.75 Å².